The van der Waals surface area contributed by atoms with Crippen molar-refractivity contribution in [3.05, 3.63) is 65.7 Å². The van der Waals surface area contributed by atoms with Gasteiger partial charge in [-0.1, -0.05) is 55.8 Å². The maximum Gasteiger partial charge on any atom is 0.120 e. The van der Waals surface area contributed by atoms with Crippen LogP contribution in [0.4, 0.5) is 0 Å². The maximum absolute atomic E-state index is 5.81. The van der Waals surface area contributed by atoms with E-state index in [4.69, 9.17) is 4.74 Å². The number of ether oxygens (including phenoxy) is 1. The van der Waals surface area contributed by atoms with Crippen LogP contribution in [-0.2, 0) is 13.0 Å². The van der Waals surface area contributed by atoms with Crippen LogP contribution in [0.15, 0.2) is 54.6 Å². The van der Waals surface area contributed by atoms with Crippen LogP contribution >= 0.6 is 0 Å². The van der Waals surface area contributed by atoms with Gasteiger partial charge in [0.15, 0.2) is 0 Å². The van der Waals surface area contributed by atoms with Crippen molar-refractivity contribution < 1.29 is 4.74 Å². The van der Waals surface area contributed by atoms with Gasteiger partial charge in [-0.3, -0.25) is 0 Å². The first-order valence-corrected chi connectivity index (χ1v) is 6.64. The Hall–Kier alpha value is -1.76. The smallest absolute Gasteiger partial charge is 0.120 e. The maximum atomic E-state index is 5.81. The van der Waals surface area contributed by atoms with Gasteiger partial charge in [-0.2, -0.15) is 0 Å². The van der Waals surface area contributed by atoms with Gasteiger partial charge in [0.2, 0.25) is 0 Å². The molecule has 18 heavy (non-hydrogen) atoms. The van der Waals surface area contributed by atoms with Crippen LogP contribution in [0.2, 0.25) is 0 Å². The number of benzene rings is 2. The number of hydrogen-bond acceptors (Lipinski definition) is 1. The van der Waals surface area contributed by atoms with E-state index < -0.39 is 0 Å². The van der Waals surface area contributed by atoms with Crippen molar-refractivity contribution in [3.63, 3.8) is 0 Å². The molecule has 0 aliphatic carbocycles. The van der Waals surface area contributed by atoms with E-state index >= 15 is 0 Å². The summed E-state index contributed by atoms with van der Waals surface area (Å²) in [6.45, 7) is 2.85. The summed E-state index contributed by atoms with van der Waals surface area (Å²) >= 11 is 0. The summed E-state index contributed by atoms with van der Waals surface area (Å²) in [6, 6.07) is 18.7. The van der Waals surface area contributed by atoms with Crippen molar-refractivity contribution in [2.45, 2.75) is 32.8 Å². The van der Waals surface area contributed by atoms with Gasteiger partial charge in [-0.15, -0.1) is 0 Å². The molecule has 1 heteroatoms. The number of unbranched alkanes of at least 4 members (excludes halogenated alkanes) is 1. The zero-order valence-electron chi connectivity index (χ0n) is 10.9. The van der Waals surface area contributed by atoms with Crippen molar-refractivity contribution in [1.82, 2.24) is 0 Å². The fourth-order valence-corrected chi connectivity index (χ4v) is 1.91. The molecule has 0 spiro atoms. The van der Waals surface area contributed by atoms with Crippen molar-refractivity contribution >= 4 is 0 Å². The summed E-state index contributed by atoms with van der Waals surface area (Å²) in [5.41, 5.74) is 2.57. The molecule has 1 nitrogen and oxygen atoms in total. The molecule has 0 amide bonds. The molecule has 94 valence electrons. The second kappa shape index (κ2) is 6.85. The van der Waals surface area contributed by atoms with E-state index in [9.17, 15) is 0 Å². The molecule has 0 aliphatic rings. The molecule has 0 saturated carbocycles. The highest BCUT2D eigenvalue weighted by molar-refractivity contribution is 5.29. The fraction of sp³-hybridized carbons (Fsp3) is 0.294. The van der Waals surface area contributed by atoms with Crippen LogP contribution < -0.4 is 4.74 Å². The van der Waals surface area contributed by atoms with Crippen LogP contribution in [-0.4, -0.2) is 0 Å². The average molecular weight is 240 g/mol. The highest BCUT2D eigenvalue weighted by Gasteiger charge is 1.98. The first-order valence-electron chi connectivity index (χ1n) is 6.64. The summed E-state index contributed by atoms with van der Waals surface area (Å²) in [5.74, 6) is 0.965. The molecule has 2 aromatic rings. The Morgan fingerprint density at radius 3 is 2.44 bits per heavy atom. The molecule has 0 unspecified atom stereocenters. The predicted octanol–water partition coefficient (Wildman–Crippen LogP) is 4.61. The molecule has 0 aromatic heterocycles. The van der Waals surface area contributed by atoms with Crippen molar-refractivity contribution in [3.8, 4) is 5.75 Å². The quantitative estimate of drug-likeness (QED) is 0.716. The molecule has 2 aromatic carbocycles. The lowest BCUT2D eigenvalue weighted by Gasteiger charge is -2.08. The van der Waals surface area contributed by atoms with Gasteiger partial charge in [-0.25, -0.2) is 0 Å². The summed E-state index contributed by atoms with van der Waals surface area (Å²) in [5, 5.41) is 0. The molecular weight excluding hydrogens is 220 g/mol. The SMILES string of the molecule is CCCCc1cccc(OCc2ccccc2)c1. The van der Waals surface area contributed by atoms with Crippen molar-refractivity contribution in [2.75, 3.05) is 0 Å². The second-order valence-corrected chi connectivity index (χ2v) is 4.53. The molecule has 0 bridgehead atoms. The first-order chi connectivity index (χ1) is 8.88. The summed E-state index contributed by atoms with van der Waals surface area (Å²) in [7, 11) is 0. The molecule has 0 N–H and O–H groups in total. The van der Waals surface area contributed by atoms with Gasteiger partial charge in [0.25, 0.3) is 0 Å². The largest absolute Gasteiger partial charge is 0.489 e. The Morgan fingerprint density at radius 2 is 1.67 bits per heavy atom. The topological polar surface area (TPSA) is 9.23 Å². The molecule has 0 saturated heterocycles. The Bertz CT molecular complexity index is 462. The third-order valence-corrected chi connectivity index (χ3v) is 2.97. The molecule has 0 heterocycles. The van der Waals surface area contributed by atoms with Crippen LogP contribution in [0.1, 0.15) is 30.9 Å². The normalized spacial score (nSPS) is 10.3. The molecule has 0 aliphatic heterocycles. The number of hydrogen-bond donors (Lipinski definition) is 0. The van der Waals surface area contributed by atoms with E-state index in [1.807, 2.05) is 24.3 Å². The monoisotopic (exact) mass is 240 g/mol. The summed E-state index contributed by atoms with van der Waals surface area (Å²) in [6.07, 6.45) is 3.61. The highest BCUT2D eigenvalue weighted by Crippen LogP contribution is 2.16. The van der Waals surface area contributed by atoms with Crippen LogP contribution in [0, 0.1) is 0 Å². The minimum absolute atomic E-state index is 0.637. The van der Waals surface area contributed by atoms with Crippen LogP contribution in [0.5, 0.6) is 5.75 Å². The van der Waals surface area contributed by atoms with E-state index in [0.717, 1.165) is 12.2 Å². The third kappa shape index (κ3) is 3.92. The molecule has 2 rings (SSSR count). The lowest BCUT2D eigenvalue weighted by atomic mass is 10.1. The lowest BCUT2D eigenvalue weighted by molar-refractivity contribution is 0.306. The van der Waals surface area contributed by atoms with Gasteiger partial charge >= 0.3 is 0 Å². The fourth-order valence-electron chi connectivity index (χ4n) is 1.91. The lowest BCUT2D eigenvalue weighted by Crippen LogP contribution is -1.95. The highest BCUT2D eigenvalue weighted by atomic mass is 16.5. The zero-order chi connectivity index (χ0) is 12.6. The summed E-state index contributed by atoms with van der Waals surface area (Å²) < 4.78 is 5.81. The van der Waals surface area contributed by atoms with Crippen LogP contribution in [0.25, 0.3) is 0 Å². The van der Waals surface area contributed by atoms with E-state index in [1.165, 1.54) is 24.0 Å². The standard InChI is InChI=1S/C17H20O/c1-2-3-8-15-11-7-12-17(13-15)18-14-16-9-5-4-6-10-16/h4-7,9-13H,2-3,8,14H2,1H3. The minimum atomic E-state index is 0.637. The van der Waals surface area contributed by atoms with E-state index in [1.54, 1.807) is 0 Å². The Morgan fingerprint density at radius 1 is 0.889 bits per heavy atom. The number of aryl methyl sites for hydroxylation is 1. The average Bonchev–Trinajstić information content (AvgIpc) is 2.44. The van der Waals surface area contributed by atoms with Crippen molar-refractivity contribution in [2.24, 2.45) is 0 Å². The van der Waals surface area contributed by atoms with E-state index in [2.05, 4.69) is 37.3 Å². The molecular formula is C17H20O. The van der Waals surface area contributed by atoms with Gasteiger partial charge in [0.05, 0.1) is 0 Å². The minimum Gasteiger partial charge on any atom is -0.489 e. The molecule has 0 radical (unpaired) electrons. The Kier molecular flexibility index (Phi) is 4.83. The van der Waals surface area contributed by atoms with Crippen molar-refractivity contribution in [1.29, 1.82) is 0 Å². The zero-order valence-corrected chi connectivity index (χ0v) is 10.9. The number of rotatable bonds is 6. The Labute approximate surface area is 109 Å². The van der Waals surface area contributed by atoms with Gasteiger partial charge in [0.1, 0.15) is 12.4 Å². The molecule has 0 fully saturated rings. The Balaban J connectivity index is 1.93. The first kappa shape index (κ1) is 12.7. The van der Waals surface area contributed by atoms with Crippen LogP contribution in [0.3, 0.4) is 0 Å². The second-order valence-electron chi connectivity index (χ2n) is 4.53. The predicted molar refractivity (Wildman–Crippen MR) is 75.8 cm³/mol. The van der Waals surface area contributed by atoms with Gasteiger partial charge in [0, 0.05) is 0 Å². The molecule has 0 atom stereocenters. The third-order valence-electron chi connectivity index (χ3n) is 2.97. The van der Waals surface area contributed by atoms with Gasteiger partial charge < -0.3 is 4.74 Å². The van der Waals surface area contributed by atoms with E-state index in [-0.39, 0.29) is 0 Å². The summed E-state index contributed by atoms with van der Waals surface area (Å²) in [4.78, 5) is 0. The van der Waals surface area contributed by atoms with E-state index in [0.29, 0.717) is 6.61 Å². The van der Waals surface area contributed by atoms with Gasteiger partial charge in [-0.05, 0) is 36.1 Å².